The van der Waals surface area contributed by atoms with E-state index in [0.29, 0.717) is 25.4 Å². The third-order valence-electron chi connectivity index (χ3n) is 4.78. The first-order valence-electron chi connectivity index (χ1n) is 9.57. The zero-order valence-corrected chi connectivity index (χ0v) is 16.5. The number of amides is 1. The number of benzene rings is 1. The minimum atomic E-state index is -0.289. The van der Waals surface area contributed by atoms with Crippen molar-refractivity contribution in [2.24, 2.45) is 0 Å². The molecule has 0 saturated carbocycles. The molecule has 1 atom stereocenters. The summed E-state index contributed by atoms with van der Waals surface area (Å²) in [4.78, 5) is 27.2. The van der Waals surface area contributed by atoms with Gasteiger partial charge < -0.3 is 15.0 Å². The molecule has 4 rings (SSSR count). The molecular weight excluding hydrogens is 366 g/mol. The molecule has 3 aromatic rings. The lowest BCUT2D eigenvalue weighted by Crippen LogP contribution is -2.42. The topological polar surface area (TPSA) is 80.2 Å². The van der Waals surface area contributed by atoms with Gasteiger partial charge in [0.05, 0.1) is 25.0 Å². The zero-order chi connectivity index (χ0) is 20.2. The van der Waals surface area contributed by atoms with Crippen molar-refractivity contribution in [3.63, 3.8) is 0 Å². The number of rotatable bonds is 4. The van der Waals surface area contributed by atoms with E-state index in [1.165, 1.54) is 18.0 Å². The van der Waals surface area contributed by atoms with Crippen LogP contribution < -0.4 is 5.32 Å². The van der Waals surface area contributed by atoms with E-state index in [-0.39, 0.29) is 12.0 Å². The molecule has 2 aromatic heterocycles. The number of hydrogen-bond donors (Lipinski definition) is 1. The Morgan fingerprint density at radius 3 is 2.72 bits per heavy atom. The Balaban J connectivity index is 1.52. The molecule has 1 fully saturated rings. The molecule has 0 bridgehead atoms. The first-order valence-corrected chi connectivity index (χ1v) is 9.57. The summed E-state index contributed by atoms with van der Waals surface area (Å²) >= 11 is 0. The average Bonchev–Trinajstić information content (AvgIpc) is 2.75. The number of carbonyl (C=O) groups is 1. The lowest BCUT2D eigenvalue weighted by molar-refractivity contribution is -0.0249. The largest absolute Gasteiger partial charge is 0.368 e. The van der Waals surface area contributed by atoms with Crippen LogP contribution in [0.3, 0.4) is 0 Å². The highest BCUT2D eigenvalue weighted by molar-refractivity contribution is 5.92. The summed E-state index contributed by atoms with van der Waals surface area (Å²) in [5, 5.41) is 3.42. The third-order valence-corrected chi connectivity index (χ3v) is 4.78. The normalized spacial score (nSPS) is 16.5. The smallest absolute Gasteiger partial charge is 0.274 e. The van der Waals surface area contributed by atoms with Gasteiger partial charge in [-0.15, -0.1) is 0 Å². The van der Waals surface area contributed by atoms with Crippen LogP contribution in [-0.4, -0.2) is 45.5 Å². The number of carbonyl (C=O) groups excluding carboxylic acids is 1. The van der Waals surface area contributed by atoms with Gasteiger partial charge in [-0.05, 0) is 38.1 Å². The van der Waals surface area contributed by atoms with Gasteiger partial charge in [0.1, 0.15) is 11.8 Å². The van der Waals surface area contributed by atoms with Gasteiger partial charge in [0.15, 0.2) is 0 Å². The summed E-state index contributed by atoms with van der Waals surface area (Å²) in [6.45, 7) is 5.41. The Labute approximate surface area is 169 Å². The fraction of sp³-hybridized carbons (Fsp3) is 0.273. The summed E-state index contributed by atoms with van der Waals surface area (Å²) in [6.07, 6.45) is 4.28. The van der Waals surface area contributed by atoms with Gasteiger partial charge in [-0.1, -0.05) is 17.7 Å². The number of hydrogen-bond acceptors (Lipinski definition) is 6. The van der Waals surface area contributed by atoms with Crippen LogP contribution in [0.15, 0.2) is 55.0 Å². The van der Waals surface area contributed by atoms with E-state index in [1.54, 1.807) is 11.1 Å². The van der Waals surface area contributed by atoms with E-state index in [1.807, 2.05) is 31.2 Å². The monoisotopic (exact) mass is 389 g/mol. The Hall–Kier alpha value is -3.32. The van der Waals surface area contributed by atoms with Gasteiger partial charge in [0, 0.05) is 36.0 Å². The molecule has 1 aromatic carbocycles. The number of aryl methyl sites for hydroxylation is 2. The summed E-state index contributed by atoms with van der Waals surface area (Å²) < 4.78 is 5.94. The molecule has 0 spiro atoms. The maximum atomic E-state index is 12.7. The predicted molar refractivity (Wildman–Crippen MR) is 110 cm³/mol. The molecule has 0 aliphatic carbocycles. The molecule has 1 aliphatic rings. The molecule has 1 unspecified atom stereocenters. The second kappa shape index (κ2) is 8.36. The van der Waals surface area contributed by atoms with Crippen molar-refractivity contribution in [2.45, 2.75) is 20.0 Å². The van der Waals surface area contributed by atoms with Gasteiger partial charge in [0.2, 0.25) is 0 Å². The molecule has 1 saturated heterocycles. The number of morpholine rings is 1. The van der Waals surface area contributed by atoms with Crippen molar-refractivity contribution in [1.82, 2.24) is 19.9 Å². The number of pyridine rings is 1. The Morgan fingerprint density at radius 1 is 1.14 bits per heavy atom. The van der Waals surface area contributed by atoms with Crippen LogP contribution in [0.4, 0.5) is 11.4 Å². The molecule has 7 nitrogen and oxygen atoms in total. The highest BCUT2D eigenvalue weighted by Crippen LogP contribution is 2.26. The zero-order valence-electron chi connectivity index (χ0n) is 16.5. The van der Waals surface area contributed by atoms with Gasteiger partial charge in [-0.25, -0.2) is 4.98 Å². The van der Waals surface area contributed by atoms with Crippen molar-refractivity contribution in [1.29, 1.82) is 0 Å². The van der Waals surface area contributed by atoms with Crippen LogP contribution in [-0.2, 0) is 4.74 Å². The summed E-state index contributed by atoms with van der Waals surface area (Å²) in [5.41, 5.74) is 5.19. The lowest BCUT2D eigenvalue weighted by atomic mass is 10.1. The molecule has 1 aliphatic heterocycles. The molecule has 3 heterocycles. The number of nitrogens with one attached hydrogen (secondary N) is 1. The summed E-state index contributed by atoms with van der Waals surface area (Å²) in [5.74, 6) is -0.142. The van der Waals surface area contributed by atoms with Gasteiger partial charge in [-0.2, -0.15) is 0 Å². The lowest BCUT2D eigenvalue weighted by Gasteiger charge is -2.32. The van der Waals surface area contributed by atoms with E-state index < -0.39 is 0 Å². The van der Waals surface area contributed by atoms with Crippen LogP contribution in [0.1, 0.15) is 33.5 Å². The van der Waals surface area contributed by atoms with Crippen molar-refractivity contribution < 1.29 is 9.53 Å². The number of nitrogens with zero attached hydrogens (tertiary/aromatic N) is 4. The molecule has 1 N–H and O–H groups in total. The van der Waals surface area contributed by atoms with Crippen molar-refractivity contribution in [3.05, 3.63) is 77.6 Å². The van der Waals surface area contributed by atoms with Crippen LogP contribution in [0, 0.1) is 13.8 Å². The quantitative estimate of drug-likeness (QED) is 0.736. The SMILES string of the molecule is Cc1ccc(Nc2cc(C)nc(C3CN(C(=O)c4cnccn4)CCO3)c2)cc1. The van der Waals surface area contributed by atoms with Gasteiger partial charge in [-0.3, -0.25) is 14.8 Å². The fourth-order valence-corrected chi connectivity index (χ4v) is 3.32. The number of anilines is 2. The van der Waals surface area contributed by atoms with E-state index >= 15 is 0 Å². The molecule has 0 radical (unpaired) electrons. The van der Waals surface area contributed by atoms with E-state index in [2.05, 4.69) is 39.3 Å². The second-order valence-electron chi connectivity index (χ2n) is 7.11. The maximum Gasteiger partial charge on any atom is 0.274 e. The van der Waals surface area contributed by atoms with Gasteiger partial charge >= 0.3 is 0 Å². The van der Waals surface area contributed by atoms with Crippen molar-refractivity contribution >= 4 is 17.3 Å². The van der Waals surface area contributed by atoms with Crippen LogP contribution in [0.5, 0.6) is 0 Å². The first-order chi connectivity index (χ1) is 14.1. The van der Waals surface area contributed by atoms with E-state index in [0.717, 1.165) is 22.8 Å². The maximum absolute atomic E-state index is 12.7. The minimum Gasteiger partial charge on any atom is -0.368 e. The molecule has 7 heteroatoms. The number of aromatic nitrogens is 3. The molecule has 1 amide bonds. The van der Waals surface area contributed by atoms with Crippen LogP contribution in [0.25, 0.3) is 0 Å². The van der Waals surface area contributed by atoms with Gasteiger partial charge in [0.25, 0.3) is 5.91 Å². The van der Waals surface area contributed by atoms with Crippen molar-refractivity contribution in [3.8, 4) is 0 Å². The Kier molecular flexibility index (Phi) is 5.48. The molecule has 148 valence electrons. The summed E-state index contributed by atoms with van der Waals surface area (Å²) in [7, 11) is 0. The fourth-order valence-electron chi connectivity index (χ4n) is 3.32. The number of ether oxygens (including phenoxy) is 1. The highest BCUT2D eigenvalue weighted by Gasteiger charge is 2.28. The first kappa shape index (κ1) is 19.0. The minimum absolute atomic E-state index is 0.142. The van der Waals surface area contributed by atoms with E-state index in [9.17, 15) is 4.79 Å². The Bertz CT molecular complexity index is 992. The molecular formula is C22H23N5O2. The third kappa shape index (κ3) is 4.57. The molecule has 29 heavy (non-hydrogen) atoms. The predicted octanol–water partition coefficient (Wildman–Crippen LogP) is 3.45. The van der Waals surface area contributed by atoms with Crippen LogP contribution >= 0.6 is 0 Å². The highest BCUT2D eigenvalue weighted by atomic mass is 16.5. The summed E-state index contributed by atoms with van der Waals surface area (Å²) in [6, 6.07) is 12.2. The second-order valence-corrected chi connectivity index (χ2v) is 7.11. The van der Waals surface area contributed by atoms with E-state index in [4.69, 9.17) is 4.74 Å². The average molecular weight is 389 g/mol. The van der Waals surface area contributed by atoms with Crippen molar-refractivity contribution in [2.75, 3.05) is 25.0 Å². The Morgan fingerprint density at radius 2 is 1.97 bits per heavy atom. The standard InChI is InChI=1S/C22H23N5O2/c1-15-3-5-17(6-4-15)26-18-11-16(2)25-19(12-18)21-14-27(9-10-29-21)22(28)20-13-23-7-8-24-20/h3-8,11-13,21H,9-10,14H2,1-2H3,(H,25,26). The van der Waals surface area contributed by atoms with Crippen LogP contribution in [0.2, 0.25) is 0 Å².